The van der Waals surface area contributed by atoms with Crippen molar-refractivity contribution in [2.45, 2.75) is 19.6 Å². The van der Waals surface area contributed by atoms with E-state index >= 15 is 0 Å². The van der Waals surface area contributed by atoms with Crippen LogP contribution in [0.1, 0.15) is 34.5 Å². The molecule has 0 saturated heterocycles. The molecule has 0 saturated carbocycles. The van der Waals surface area contributed by atoms with Gasteiger partial charge in [0, 0.05) is 18.0 Å². The van der Waals surface area contributed by atoms with Gasteiger partial charge in [0.15, 0.2) is 0 Å². The molecule has 1 atom stereocenters. The highest BCUT2D eigenvalue weighted by Gasteiger charge is 2.17. The summed E-state index contributed by atoms with van der Waals surface area (Å²) in [7, 11) is 0. The van der Waals surface area contributed by atoms with Crippen LogP contribution in [0.25, 0.3) is 0 Å². The Hall–Kier alpha value is -3.21. The third kappa shape index (κ3) is 4.25. The molecule has 4 nitrogen and oxygen atoms in total. The van der Waals surface area contributed by atoms with Crippen molar-refractivity contribution in [2.75, 3.05) is 0 Å². The van der Waals surface area contributed by atoms with Crippen LogP contribution < -0.4 is 10.1 Å². The maximum atomic E-state index is 13.9. The first-order valence-corrected chi connectivity index (χ1v) is 8.31. The highest BCUT2D eigenvalue weighted by Crippen LogP contribution is 2.22. The molecule has 1 amide bonds. The Morgan fingerprint density at radius 2 is 1.77 bits per heavy atom. The molecule has 0 spiro atoms. The van der Waals surface area contributed by atoms with E-state index in [-0.39, 0.29) is 11.7 Å². The van der Waals surface area contributed by atoms with E-state index in [0.29, 0.717) is 23.5 Å². The number of rotatable bonds is 6. The molecule has 5 heteroatoms. The number of aromatic nitrogens is 1. The number of ether oxygens (including phenoxy) is 1. The number of benzene rings is 2. The SMILES string of the molecule is CC(NC(=O)c1ccccc1OCc1ccncc1)c1ccccc1F. The molecule has 3 rings (SSSR count). The molecule has 0 aliphatic heterocycles. The van der Waals surface area contributed by atoms with E-state index in [9.17, 15) is 9.18 Å². The van der Waals surface area contributed by atoms with E-state index in [4.69, 9.17) is 4.74 Å². The van der Waals surface area contributed by atoms with E-state index in [1.807, 2.05) is 12.1 Å². The van der Waals surface area contributed by atoms with Crippen LogP contribution in [0.5, 0.6) is 5.75 Å². The van der Waals surface area contributed by atoms with E-state index in [0.717, 1.165) is 5.56 Å². The predicted molar refractivity (Wildman–Crippen MR) is 97.3 cm³/mol. The monoisotopic (exact) mass is 350 g/mol. The molecule has 1 aromatic heterocycles. The first-order valence-electron chi connectivity index (χ1n) is 8.31. The summed E-state index contributed by atoms with van der Waals surface area (Å²) in [6.45, 7) is 2.08. The minimum atomic E-state index is -0.461. The van der Waals surface area contributed by atoms with Crippen LogP contribution in [0, 0.1) is 5.82 Å². The molecule has 3 aromatic rings. The van der Waals surface area contributed by atoms with Gasteiger partial charge < -0.3 is 10.1 Å². The van der Waals surface area contributed by atoms with Crippen molar-refractivity contribution >= 4 is 5.91 Å². The molecular formula is C21H19FN2O2. The van der Waals surface area contributed by atoms with Gasteiger partial charge in [-0.2, -0.15) is 0 Å². The molecule has 26 heavy (non-hydrogen) atoms. The Balaban J connectivity index is 1.72. The minimum Gasteiger partial charge on any atom is -0.488 e. The smallest absolute Gasteiger partial charge is 0.255 e. The van der Waals surface area contributed by atoms with Crippen LogP contribution in [0.15, 0.2) is 73.1 Å². The Kier molecular flexibility index (Phi) is 5.59. The highest BCUT2D eigenvalue weighted by molar-refractivity contribution is 5.97. The summed E-state index contributed by atoms with van der Waals surface area (Å²) in [4.78, 5) is 16.6. The van der Waals surface area contributed by atoms with Crippen molar-refractivity contribution < 1.29 is 13.9 Å². The zero-order valence-corrected chi connectivity index (χ0v) is 14.4. The molecule has 2 aromatic carbocycles. The van der Waals surface area contributed by atoms with Crippen molar-refractivity contribution in [2.24, 2.45) is 0 Å². The lowest BCUT2D eigenvalue weighted by atomic mass is 10.1. The number of para-hydroxylation sites is 1. The maximum absolute atomic E-state index is 13.9. The summed E-state index contributed by atoms with van der Waals surface area (Å²) in [5.74, 6) is -0.184. The molecule has 0 fully saturated rings. The molecule has 0 aliphatic rings. The molecule has 132 valence electrons. The molecule has 1 heterocycles. The number of hydrogen-bond acceptors (Lipinski definition) is 3. The fraction of sp³-hybridized carbons (Fsp3) is 0.143. The van der Waals surface area contributed by atoms with Crippen molar-refractivity contribution in [3.05, 3.63) is 95.6 Å². The van der Waals surface area contributed by atoms with Crippen molar-refractivity contribution in [1.82, 2.24) is 10.3 Å². The number of nitrogens with zero attached hydrogens (tertiary/aromatic N) is 1. The Morgan fingerprint density at radius 3 is 2.54 bits per heavy atom. The molecule has 0 aliphatic carbocycles. The molecule has 0 radical (unpaired) electrons. The van der Waals surface area contributed by atoms with Gasteiger partial charge in [-0.3, -0.25) is 9.78 Å². The van der Waals surface area contributed by atoms with Crippen LogP contribution in [-0.4, -0.2) is 10.9 Å². The third-order valence-electron chi connectivity index (χ3n) is 3.99. The fourth-order valence-corrected chi connectivity index (χ4v) is 2.60. The number of halogens is 1. The second-order valence-electron chi connectivity index (χ2n) is 5.86. The second kappa shape index (κ2) is 8.25. The van der Waals surface area contributed by atoms with Crippen LogP contribution >= 0.6 is 0 Å². The normalized spacial score (nSPS) is 11.6. The van der Waals surface area contributed by atoms with Gasteiger partial charge in [-0.05, 0) is 42.8 Å². The first-order chi connectivity index (χ1) is 12.6. The van der Waals surface area contributed by atoms with Crippen LogP contribution in [0.3, 0.4) is 0 Å². The van der Waals surface area contributed by atoms with Crippen molar-refractivity contribution in [3.63, 3.8) is 0 Å². The van der Waals surface area contributed by atoms with Crippen molar-refractivity contribution in [1.29, 1.82) is 0 Å². The predicted octanol–water partition coefficient (Wildman–Crippen LogP) is 4.29. The third-order valence-corrected chi connectivity index (χ3v) is 3.99. The number of nitrogens with one attached hydrogen (secondary N) is 1. The summed E-state index contributed by atoms with van der Waals surface area (Å²) >= 11 is 0. The summed E-state index contributed by atoms with van der Waals surface area (Å²) in [6.07, 6.45) is 3.38. The highest BCUT2D eigenvalue weighted by atomic mass is 19.1. The summed E-state index contributed by atoms with van der Waals surface area (Å²) in [5.41, 5.74) is 1.80. The quantitative estimate of drug-likeness (QED) is 0.721. The molecular weight excluding hydrogens is 331 g/mol. The van der Waals surface area contributed by atoms with Gasteiger partial charge in [-0.15, -0.1) is 0 Å². The Labute approximate surface area is 151 Å². The van der Waals surface area contributed by atoms with Gasteiger partial charge in [-0.1, -0.05) is 30.3 Å². The molecule has 0 bridgehead atoms. The molecule has 1 unspecified atom stereocenters. The first kappa shape index (κ1) is 17.6. The van der Waals surface area contributed by atoms with E-state index in [2.05, 4.69) is 10.3 Å². The average molecular weight is 350 g/mol. The van der Waals surface area contributed by atoms with Crippen molar-refractivity contribution in [3.8, 4) is 5.75 Å². The van der Waals surface area contributed by atoms with E-state index < -0.39 is 6.04 Å². The lowest BCUT2D eigenvalue weighted by Gasteiger charge is -2.17. The van der Waals surface area contributed by atoms with Gasteiger partial charge in [0.25, 0.3) is 5.91 Å². The lowest BCUT2D eigenvalue weighted by Crippen LogP contribution is -2.27. The topological polar surface area (TPSA) is 51.2 Å². The maximum Gasteiger partial charge on any atom is 0.255 e. The second-order valence-corrected chi connectivity index (χ2v) is 5.86. The van der Waals surface area contributed by atoms with Gasteiger partial charge in [0.05, 0.1) is 11.6 Å². The number of carbonyl (C=O) groups excluding carboxylic acids is 1. The fourth-order valence-electron chi connectivity index (χ4n) is 2.60. The zero-order valence-electron chi connectivity index (χ0n) is 14.4. The van der Waals surface area contributed by atoms with Crippen LogP contribution in [0.2, 0.25) is 0 Å². The summed E-state index contributed by atoms with van der Waals surface area (Å²) < 4.78 is 19.7. The summed E-state index contributed by atoms with van der Waals surface area (Å²) in [6, 6.07) is 16.6. The number of hydrogen-bond donors (Lipinski definition) is 1. The Bertz CT molecular complexity index is 884. The van der Waals surface area contributed by atoms with Gasteiger partial charge in [0.1, 0.15) is 18.2 Å². The van der Waals surface area contributed by atoms with E-state index in [1.165, 1.54) is 6.07 Å². The van der Waals surface area contributed by atoms with Gasteiger partial charge in [-0.25, -0.2) is 4.39 Å². The number of amides is 1. The zero-order chi connectivity index (χ0) is 18.4. The van der Waals surface area contributed by atoms with E-state index in [1.54, 1.807) is 61.8 Å². The van der Waals surface area contributed by atoms with Gasteiger partial charge in [0.2, 0.25) is 0 Å². The largest absolute Gasteiger partial charge is 0.488 e. The summed E-state index contributed by atoms with van der Waals surface area (Å²) in [5, 5.41) is 2.82. The van der Waals surface area contributed by atoms with Crippen LogP contribution in [-0.2, 0) is 6.61 Å². The number of carbonyl (C=O) groups is 1. The Morgan fingerprint density at radius 1 is 1.08 bits per heavy atom. The van der Waals surface area contributed by atoms with Crippen LogP contribution in [0.4, 0.5) is 4.39 Å². The molecule has 1 N–H and O–H groups in total. The average Bonchev–Trinajstić information content (AvgIpc) is 2.67. The van der Waals surface area contributed by atoms with Gasteiger partial charge >= 0.3 is 0 Å². The number of pyridine rings is 1. The minimum absolute atomic E-state index is 0.314. The standard InChI is InChI=1S/C21H19FN2O2/c1-15(17-6-2-4-8-19(17)22)24-21(25)18-7-3-5-9-20(18)26-14-16-10-12-23-13-11-16/h2-13,15H,14H2,1H3,(H,24,25). The lowest BCUT2D eigenvalue weighted by molar-refractivity contribution is 0.0935.